The number of amidine groups is 1. The standard InChI is InChI=1S/C13H14FN3O2/c14-12-5-10(13(15)17-18)1-2-11(12)7-16-6-9-3-4-19-8-9/h1-5,8,16,18H,6-7H2,(H2,15,17). The van der Waals surface area contributed by atoms with E-state index in [4.69, 9.17) is 15.4 Å². The molecule has 0 saturated heterocycles. The zero-order valence-corrected chi connectivity index (χ0v) is 10.1. The fourth-order valence-corrected chi connectivity index (χ4v) is 1.64. The minimum atomic E-state index is -0.399. The van der Waals surface area contributed by atoms with E-state index in [2.05, 4.69) is 10.5 Å². The van der Waals surface area contributed by atoms with Gasteiger partial charge in [-0.15, -0.1) is 0 Å². The summed E-state index contributed by atoms with van der Waals surface area (Å²) in [5, 5.41) is 14.4. The SMILES string of the molecule is N/C(=N/O)c1ccc(CNCc2ccoc2)c(F)c1. The molecule has 5 nitrogen and oxygen atoms in total. The molecule has 0 fully saturated rings. The molecule has 0 aliphatic heterocycles. The summed E-state index contributed by atoms with van der Waals surface area (Å²) in [6, 6.07) is 6.28. The summed E-state index contributed by atoms with van der Waals surface area (Å²) in [7, 11) is 0. The number of hydrogen-bond donors (Lipinski definition) is 3. The van der Waals surface area contributed by atoms with Crippen molar-refractivity contribution in [2.45, 2.75) is 13.1 Å². The second-order valence-electron chi connectivity index (χ2n) is 4.03. The maximum atomic E-state index is 13.8. The van der Waals surface area contributed by atoms with Gasteiger partial charge in [0.2, 0.25) is 0 Å². The minimum Gasteiger partial charge on any atom is -0.472 e. The number of nitrogens with one attached hydrogen (secondary N) is 1. The summed E-state index contributed by atoms with van der Waals surface area (Å²) in [4.78, 5) is 0. The van der Waals surface area contributed by atoms with Crippen LogP contribution in [0.4, 0.5) is 4.39 Å². The van der Waals surface area contributed by atoms with E-state index in [1.807, 2.05) is 6.07 Å². The molecule has 0 bridgehead atoms. The van der Waals surface area contributed by atoms with Crippen LogP contribution in [0, 0.1) is 5.82 Å². The smallest absolute Gasteiger partial charge is 0.170 e. The van der Waals surface area contributed by atoms with Crippen LogP contribution in [0.2, 0.25) is 0 Å². The molecule has 0 radical (unpaired) electrons. The van der Waals surface area contributed by atoms with E-state index in [1.165, 1.54) is 6.07 Å². The van der Waals surface area contributed by atoms with Gasteiger partial charge in [0.1, 0.15) is 5.82 Å². The molecule has 0 aliphatic rings. The Morgan fingerprint density at radius 3 is 2.84 bits per heavy atom. The largest absolute Gasteiger partial charge is 0.472 e. The summed E-state index contributed by atoms with van der Waals surface area (Å²) in [6.45, 7) is 0.978. The average Bonchev–Trinajstić information content (AvgIpc) is 2.93. The Morgan fingerprint density at radius 1 is 1.37 bits per heavy atom. The molecular formula is C13H14FN3O2. The lowest BCUT2D eigenvalue weighted by molar-refractivity contribution is 0.318. The highest BCUT2D eigenvalue weighted by Gasteiger charge is 2.06. The van der Waals surface area contributed by atoms with Crippen LogP contribution < -0.4 is 11.1 Å². The van der Waals surface area contributed by atoms with Gasteiger partial charge in [-0.05, 0) is 12.1 Å². The van der Waals surface area contributed by atoms with Crippen LogP contribution in [-0.2, 0) is 13.1 Å². The first kappa shape index (κ1) is 13.1. The van der Waals surface area contributed by atoms with Crippen LogP contribution in [0.25, 0.3) is 0 Å². The van der Waals surface area contributed by atoms with Gasteiger partial charge in [-0.25, -0.2) is 4.39 Å². The van der Waals surface area contributed by atoms with E-state index >= 15 is 0 Å². The number of oxime groups is 1. The molecule has 19 heavy (non-hydrogen) atoms. The summed E-state index contributed by atoms with van der Waals surface area (Å²) in [6.07, 6.45) is 3.22. The van der Waals surface area contributed by atoms with Gasteiger partial charge in [-0.3, -0.25) is 0 Å². The molecule has 2 rings (SSSR count). The fourth-order valence-electron chi connectivity index (χ4n) is 1.64. The number of hydrogen-bond acceptors (Lipinski definition) is 4. The summed E-state index contributed by atoms with van der Waals surface area (Å²) in [5.74, 6) is -0.513. The third-order valence-electron chi connectivity index (χ3n) is 2.68. The molecule has 0 saturated carbocycles. The molecular weight excluding hydrogens is 249 g/mol. The van der Waals surface area contributed by atoms with Crippen LogP contribution in [-0.4, -0.2) is 11.0 Å². The molecule has 100 valence electrons. The third-order valence-corrected chi connectivity index (χ3v) is 2.68. The van der Waals surface area contributed by atoms with Crippen molar-refractivity contribution in [3.63, 3.8) is 0 Å². The predicted molar refractivity (Wildman–Crippen MR) is 68.2 cm³/mol. The lowest BCUT2D eigenvalue weighted by atomic mass is 10.1. The van der Waals surface area contributed by atoms with Gasteiger partial charge < -0.3 is 20.7 Å². The van der Waals surface area contributed by atoms with Crippen molar-refractivity contribution in [2.75, 3.05) is 0 Å². The Labute approximate surface area is 109 Å². The van der Waals surface area contributed by atoms with Crippen molar-refractivity contribution in [3.8, 4) is 0 Å². The second kappa shape index (κ2) is 6.01. The highest BCUT2D eigenvalue weighted by Crippen LogP contribution is 2.11. The Bertz CT molecular complexity index is 567. The van der Waals surface area contributed by atoms with E-state index in [1.54, 1.807) is 24.7 Å². The molecule has 1 aromatic carbocycles. The number of rotatable bonds is 5. The molecule has 1 heterocycles. The lowest BCUT2D eigenvalue weighted by Gasteiger charge is -2.06. The van der Waals surface area contributed by atoms with Crippen molar-refractivity contribution in [2.24, 2.45) is 10.9 Å². The number of halogens is 1. The average molecular weight is 263 g/mol. The minimum absolute atomic E-state index is 0.114. The highest BCUT2D eigenvalue weighted by molar-refractivity contribution is 5.97. The van der Waals surface area contributed by atoms with Crippen molar-refractivity contribution in [3.05, 3.63) is 59.3 Å². The van der Waals surface area contributed by atoms with Gasteiger partial charge in [-0.2, -0.15) is 0 Å². The first-order valence-electron chi connectivity index (χ1n) is 5.69. The maximum Gasteiger partial charge on any atom is 0.170 e. The van der Waals surface area contributed by atoms with Crippen molar-refractivity contribution in [1.29, 1.82) is 0 Å². The second-order valence-corrected chi connectivity index (χ2v) is 4.03. The van der Waals surface area contributed by atoms with E-state index in [-0.39, 0.29) is 5.84 Å². The van der Waals surface area contributed by atoms with Crippen LogP contribution in [0.1, 0.15) is 16.7 Å². The third kappa shape index (κ3) is 3.32. The molecule has 6 heteroatoms. The van der Waals surface area contributed by atoms with E-state index in [0.29, 0.717) is 24.2 Å². The molecule has 0 amide bonds. The summed E-state index contributed by atoms with van der Waals surface area (Å²) in [5.41, 5.74) is 7.24. The monoisotopic (exact) mass is 263 g/mol. The molecule has 0 atom stereocenters. The van der Waals surface area contributed by atoms with Crippen LogP contribution >= 0.6 is 0 Å². The van der Waals surface area contributed by atoms with E-state index in [9.17, 15) is 4.39 Å². The van der Waals surface area contributed by atoms with Gasteiger partial charge in [0, 0.05) is 29.8 Å². The maximum absolute atomic E-state index is 13.8. The normalized spacial score (nSPS) is 11.7. The molecule has 1 aromatic heterocycles. The number of benzene rings is 1. The van der Waals surface area contributed by atoms with E-state index in [0.717, 1.165) is 5.56 Å². The van der Waals surface area contributed by atoms with Gasteiger partial charge >= 0.3 is 0 Å². The Hall–Kier alpha value is -2.34. The molecule has 0 spiro atoms. The summed E-state index contributed by atoms with van der Waals surface area (Å²) < 4.78 is 18.7. The van der Waals surface area contributed by atoms with Crippen LogP contribution in [0.3, 0.4) is 0 Å². The Morgan fingerprint density at radius 2 is 2.21 bits per heavy atom. The van der Waals surface area contributed by atoms with Gasteiger partial charge in [0.25, 0.3) is 0 Å². The molecule has 4 N–H and O–H groups in total. The highest BCUT2D eigenvalue weighted by atomic mass is 19.1. The fraction of sp³-hybridized carbons (Fsp3) is 0.154. The Kier molecular flexibility index (Phi) is 4.15. The molecule has 2 aromatic rings. The van der Waals surface area contributed by atoms with Crippen molar-refractivity contribution in [1.82, 2.24) is 5.32 Å². The van der Waals surface area contributed by atoms with Gasteiger partial charge in [-0.1, -0.05) is 17.3 Å². The van der Waals surface area contributed by atoms with Crippen LogP contribution in [0.5, 0.6) is 0 Å². The van der Waals surface area contributed by atoms with Crippen LogP contribution in [0.15, 0.2) is 46.4 Å². The van der Waals surface area contributed by atoms with E-state index < -0.39 is 5.82 Å². The lowest BCUT2D eigenvalue weighted by Crippen LogP contribution is -2.16. The van der Waals surface area contributed by atoms with Gasteiger partial charge in [0.15, 0.2) is 5.84 Å². The first-order chi connectivity index (χ1) is 9.20. The topological polar surface area (TPSA) is 83.8 Å². The number of furan rings is 1. The van der Waals surface area contributed by atoms with Crippen molar-refractivity contribution >= 4 is 5.84 Å². The quantitative estimate of drug-likeness (QED) is 0.332. The molecule has 0 unspecified atom stereocenters. The summed E-state index contributed by atoms with van der Waals surface area (Å²) >= 11 is 0. The molecule has 0 aliphatic carbocycles. The Balaban J connectivity index is 1.97. The number of nitrogens with zero attached hydrogens (tertiary/aromatic N) is 1. The first-order valence-corrected chi connectivity index (χ1v) is 5.69. The predicted octanol–water partition coefficient (Wildman–Crippen LogP) is 1.80. The van der Waals surface area contributed by atoms with Crippen molar-refractivity contribution < 1.29 is 14.0 Å². The zero-order chi connectivity index (χ0) is 13.7. The van der Waals surface area contributed by atoms with Gasteiger partial charge in [0.05, 0.1) is 12.5 Å². The number of nitrogens with two attached hydrogens (primary N) is 1. The zero-order valence-electron chi connectivity index (χ0n) is 10.1.